The number of pyridine rings is 1. The van der Waals surface area contributed by atoms with Crippen molar-refractivity contribution in [1.29, 1.82) is 0 Å². The highest BCUT2D eigenvalue weighted by Crippen LogP contribution is 2.24. The summed E-state index contributed by atoms with van der Waals surface area (Å²) in [5.74, 6) is -0.826. The van der Waals surface area contributed by atoms with Crippen molar-refractivity contribution in [2.75, 3.05) is 5.32 Å². The molecule has 0 unspecified atom stereocenters. The van der Waals surface area contributed by atoms with Gasteiger partial charge in [-0.3, -0.25) is 14.6 Å². The number of aromatic nitrogens is 1. The van der Waals surface area contributed by atoms with Crippen molar-refractivity contribution in [2.24, 2.45) is 0 Å². The number of anilines is 1. The van der Waals surface area contributed by atoms with Crippen LogP contribution in [0.25, 0.3) is 11.0 Å². The minimum Gasteiger partial charge on any atom is -0.459 e. The van der Waals surface area contributed by atoms with E-state index in [0.717, 1.165) is 22.1 Å². The Kier molecular flexibility index (Phi) is 4.29. The zero-order chi connectivity index (χ0) is 17.1. The number of furan rings is 1. The first-order chi connectivity index (χ1) is 11.6. The van der Waals surface area contributed by atoms with Crippen molar-refractivity contribution in [1.82, 2.24) is 10.3 Å². The van der Waals surface area contributed by atoms with Gasteiger partial charge in [0.05, 0.1) is 18.4 Å². The van der Waals surface area contributed by atoms with Gasteiger partial charge in [0.25, 0.3) is 0 Å². The molecule has 24 heavy (non-hydrogen) atoms. The molecule has 6 nitrogen and oxygen atoms in total. The van der Waals surface area contributed by atoms with E-state index >= 15 is 0 Å². The van der Waals surface area contributed by atoms with E-state index in [4.69, 9.17) is 4.42 Å². The van der Waals surface area contributed by atoms with Crippen molar-refractivity contribution < 1.29 is 14.0 Å². The molecule has 0 fully saturated rings. The van der Waals surface area contributed by atoms with Crippen LogP contribution in [0.2, 0.25) is 0 Å². The van der Waals surface area contributed by atoms with Gasteiger partial charge >= 0.3 is 11.8 Å². The Morgan fingerprint density at radius 1 is 1.12 bits per heavy atom. The molecule has 2 heterocycles. The number of fused-ring (bicyclic) bond motifs is 1. The number of nitrogens with zero attached hydrogens (tertiary/aromatic N) is 1. The molecule has 2 amide bonds. The van der Waals surface area contributed by atoms with E-state index in [1.54, 1.807) is 12.3 Å². The van der Waals surface area contributed by atoms with Gasteiger partial charge in [-0.1, -0.05) is 18.2 Å². The van der Waals surface area contributed by atoms with E-state index < -0.39 is 11.8 Å². The Bertz CT molecular complexity index is 915. The summed E-state index contributed by atoms with van der Waals surface area (Å²) in [5.41, 5.74) is 3.06. The number of hydrogen-bond donors (Lipinski definition) is 2. The molecule has 0 aliphatic heterocycles. The van der Waals surface area contributed by atoms with Crippen LogP contribution in [0.5, 0.6) is 0 Å². The van der Waals surface area contributed by atoms with Crippen molar-refractivity contribution in [3.05, 3.63) is 59.6 Å². The third kappa shape index (κ3) is 3.12. The maximum Gasteiger partial charge on any atom is 0.313 e. The highest BCUT2D eigenvalue weighted by molar-refractivity contribution is 6.39. The maximum absolute atomic E-state index is 12.0. The average Bonchev–Trinajstić information content (AvgIpc) is 2.91. The Morgan fingerprint density at radius 2 is 1.92 bits per heavy atom. The lowest BCUT2D eigenvalue weighted by molar-refractivity contribution is -0.136. The van der Waals surface area contributed by atoms with E-state index in [1.807, 2.05) is 38.1 Å². The van der Waals surface area contributed by atoms with E-state index in [-0.39, 0.29) is 6.54 Å². The van der Waals surface area contributed by atoms with Gasteiger partial charge in [0.1, 0.15) is 11.3 Å². The van der Waals surface area contributed by atoms with Gasteiger partial charge in [-0.25, -0.2) is 0 Å². The van der Waals surface area contributed by atoms with Crippen LogP contribution in [0.3, 0.4) is 0 Å². The van der Waals surface area contributed by atoms with Crippen LogP contribution in [-0.4, -0.2) is 16.8 Å². The van der Waals surface area contributed by atoms with Crippen molar-refractivity contribution >= 4 is 28.5 Å². The number of nitrogens with one attached hydrogen (secondary N) is 2. The molecule has 3 aromatic rings. The highest BCUT2D eigenvalue weighted by Gasteiger charge is 2.16. The molecule has 0 saturated carbocycles. The normalized spacial score (nSPS) is 10.6. The number of para-hydroxylation sites is 1. The summed E-state index contributed by atoms with van der Waals surface area (Å²) in [6.07, 6.45) is 3.12. The summed E-state index contributed by atoms with van der Waals surface area (Å²) in [6, 6.07) is 9.39. The summed E-state index contributed by atoms with van der Waals surface area (Å²) in [5, 5.41) is 6.12. The molecule has 6 heteroatoms. The second kappa shape index (κ2) is 6.54. The zero-order valence-electron chi connectivity index (χ0n) is 13.4. The van der Waals surface area contributed by atoms with Crippen molar-refractivity contribution in [3.8, 4) is 0 Å². The fourth-order valence-corrected chi connectivity index (χ4v) is 2.41. The molecule has 2 aromatic heterocycles. The summed E-state index contributed by atoms with van der Waals surface area (Å²) < 4.78 is 5.71. The molecule has 0 saturated heterocycles. The molecule has 0 atom stereocenters. The first-order valence-electron chi connectivity index (χ1n) is 7.53. The van der Waals surface area contributed by atoms with Gasteiger partial charge in [-0.2, -0.15) is 0 Å². The molecule has 0 spiro atoms. The third-order valence-electron chi connectivity index (χ3n) is 3.85. The van der Waals surface area contributed by atoms with Crippen molar-refractivity contribution in [2.45, 2.75) is 20.4 Å². The summed E-state index contributed by atoms with van der Waals surface area (Å²) in [7, 11) is 0. The molecule has 1 aromatic carbocycles. The van der Waals surface area contributed by atoms with Gasteiger partial charge in [-0.15, -0.1) is 0 Å². The molecular weight excluding hydrogens is 306 g/mol. The Hall–Kier alpha value is -3.15. The van der Waals surface area contributed by atoms with E-state index in [0.29, 0.717) is 11.4 Å². The number of rotatable bonds is 3. The lowest BCUT2D eigenvalue weighted by Crippen LogP contribution is -2.35. The van der Waals surface area contributed by atoms with Crippen LogP contribution >= 0.6 is 0 Å². The van der Waals surface area contributed by atoms with Crippen LogP contribution in [-0.2, 0) is 16.1 Å². The molecule has 0 bridgehead atoms. The van der Waals surface area contributed by atoms with Gasteiger partial charge in [0, 0.05) is 17.1 Å². The molecule has 122 valence electrons. The van der Waals surface area contributed by atoms with Crippen LogP contribution in [0.15, 0.2) is 47.1 Å². The van der Waals surface area contributed by atoms with Crippen LogP contribution in [0.1, 0.15) is 16.9 Å². The minimum absolute atomic E-state index is 0.152. The Balaban J connectivity index is 1.65. The third-order valence-corrected chi connectivity index (χ3v) is 3.85. The van der Waals surface area contributed by atoms with Crippen molar-refractivity contribution in [3.63, 3.8) is 0 Å². The number of aryl methyl sites for hydroxylation is 2. The highest BCUT2D eigenvalue weighted by atomic mass is 16.3. The number of carbonyl (C=O) groups is 2. The van der Waals surface area contributed by atoms with E-state index in [2.05, 4.69) is 15.6 Å². The Labute approximate surface area is 138 Å². The first-order valence-corrected chi connectivity index (χ1v) is 7.53. The van der Waals surface area contributed by atoms with Crippen LogP contribution in [0.4, 0.5) is 5.69 Å². The van der Waals surface area contributed by atoms with Crippen LogP contribution in [0, 0.1) is 13.8 Å². The summed E-state index contributed by atoms with van der Waals surface area (Å²) in [4.78, 5) is 27.9. The largest absolute Gasteiger partial charge is 0.459 e. The quantitative estimate of drug-likeness (QED) is 0.726. The SMILES string of the molecule is Cc1ccncc1NC(=O)C(=O)NCc1oc2ccccc2c1C. The second-order valence-electron chi connectivity index (χ2n) is 5.47. The zero-order valence-corrected chi connectivity index (χ0v) is 13.4. The molecule has 0 aliphatic rings. The predicted molar refractivity (Wildman–Crippen MR) is 90.4 cm³/mol. The number of benzene rings is 1. The molecular formula is C18H17N3O3. The average molecular weight is 323 g/mol. The second-order valence-corrected chi connectivity index (χ2v) is 5.47. The number of hydrogen-bond acceptors (Lipinski definition) is 4. The minimum atomic E-state index is -0.736. The fraction of sp³-hybridized carbons (Fsp3) is 0.167. The number of carbonyl (C=O) groups excluding carboxylic acids is 2. The maximum atomic E-state index is 12.0. The smallest absolute Gasteiger partial charge is 0.313 e. The van der Waals surface area contributed by atoms with Gasteiger partial charge in [0.15, 0.2) is 0 Å². The lowest BCUT2D eigenvalue weighted by Gasteiger charge is -2.07. The van der Waals surface area contributed by atoms with E-state index in [1.165, 1.54) is 6.20 Å². The Morgan fingerprint density at radius 3 is 2.67 bits per heavy atom. The van der Waals surface area contributed by atoms with Gasteiger partial charge in [0.2, 0.25) is 0 Å². The summed E-state index contributed by atoms with van der Waals surface area (Å²) >= 11 is 0. The predicted octanol–water partition coefficient (Wildman–Crippen LogP) is 2.70. The topological polar surface area (TPSA) is 84.2 Å². The first kappa shape index (κ1) is 15.7. The van der Waals surface area contributed by atoms with E-state index in [9.17, 15) is 9.59 Å². The molecule has 0 aliphatic carbocycles. The lowest BCUT2D eigenvalue weighted by atomic mass is 10.1. The molecule has 2 N–H and O–H groups in total. The summed E-state index contributed by atoms with van der Waals surface area (Å²) in [6.45, 7) is 3.90. The fourth-order valence-electron chi connectivity index (χ4n) is 2.41. The van der Waals surface area contributed by atoms with Gasteiger partial charge in [-0.05, 0) is 31.5 Å². The monoisotopic (exact) mass is 323 g/mol. The number of amides is 2. The standard InChI is InChI=1S/C18H17N3O3/c1-11-7-8-19-9-14(11)21-18(23)17(22)20-10-16-12(2)13-5-3-4-6-15(13)24-16/h3-9H,10H2,1-2H3,(H,20,22)(H,21,23). The van der Waals surface area contributed by atoms with Crippen LogP contribution < -0.4 is 10.6 Å². The molecule has 0 radical (unpaired) electrons. The molecule has 3 rings (SSSR count). The van der Waals surface area contributed by atoms with Gasteiger partial charge < -0.3 is 15.1 Å².